The summed E-state index contributed by atoms with van der Waals surface area (Å²) in [7, 11) is -3.90. The van der Waals surface area contributed by atoms with Crippen LogP contribution in [0.15, 0.2) is 72.1 Å². The van der Waals surface area contributed by atoms with E-state index in [9.17, 15) is 8.42 Å². The third-order valence-electron chi connectivity index (χ3n) is 2.72. The number of ether oxygens (including phenoxy) is 1. The first kappa shape index (κ1) is 15.3. The highest BCUT2D eigenvalue weighted by Gasteiger charge is 2.21. The molecule has 0 saturated heterocycles. The van der Waals surface area contributed by atoms with Gasteiger partial charge in [0, 0.05) is 0 Å². The minimum Gasteiger partial charge on any atom is -0.460 e. The molecule has 0 aliphatic carbocycles. The van der Waals surface area contributed by atoms with E-state index in [1.165, 1.54) is 18.2 Å². The van der Waals surface area contributed by atoms with E-state index in [0.29, 0.717) is 5.75 Å². The molecular weight excluding hydrogens is 288 g/mol. The van der Waals surface area contributed by atoms with Crippen molar-refractivity contribution >= 4 is 10.1 Å². The average Bonchev–Trinajstić information content (AvgIpc) is 2.48. The van der Waals surface area contributed by atoms with Crippen LogP contribution in [0.5, 0.6) is 5.75 Å². The fraction of sp³-hybridized carbons (Fsp3) is 0.125. The van der Waals surface area contributed by atoms with E-state index in [1.807, 2.05) is 13.0 Å². The highest BCUT2D eigenvalue weighted by Crippen LogP contribution is 2.18. The van der Waals surface area contributed by atoms with E-state index in [-0.39, 0.29) is 4.90 Å². The minimum atomic E-state index is -3.90. The Bertz CT molecular complexity index is 691. The van der Waals surface area contributed by atoms with Crippen LogP contribution in [0, 0.1) is 6.92 Å². The molecule has 1 unspecified atom stereocenters. The molecule has 0 N–H and O–H groups in total. The zero-order valence-corrected chi connectivity index (χ0v) is 12.4. The van der Waals surface area contributed by atoms with Crippen LogP contribution < -0.4 is 4.74 Å². The van der Waals surface area contributed by atoms with Crippen LogP contribution in [0.25, 0.3) is 0 Å². The molecule has 2 aromatic carbocycles. The largest absolute Gasteiger partial charge is 0.460 e. The van der Waals surface area contributed by atoms with Gasteiger partial charge in [0.15, 0.2) is 0 Å². The Hall–Kier alpha value is -2.11. The van der Waals surface area contributed by atoms with Gasteiger partial charge in [-0.25, -0.2) is 4.18 Å². The second-order valence-corrected chi connectivity index (χ2v) is 5.97. The average molecular weight is 304 g/mol. The maximum atomic E-state index is 12.2. The van der Waals surface area contributed by atoms with Gasteiger partial charge in [0.2, 0.25) is 6.29 Å². The van der Waals surface area contributed by atoms with Gasteiger partial charge in [-0.3, -0.25) is 0 Å². The molecule has 0 aromatic heterocycles. The molecular formula is C16H16O4S. The smallest absolute Gasteiger partial charge is 0.300 e. The second-order valence-electron chi connectivity index (χ2n) is 4.40. The Balaban J connectivity index is 2.14. The number of hydrogen-bond acceptors (Lipinski definition) is 4. The highest BCUT2D eigenvalue weighted by atomic mass is 32.2. The Morgan fingerprint density at radius 1 is 1.05 bits per heavy atom. The van der Waals surface area contributed by atoms with E-state index >= 15 is 0 Å². The fourth-order valence-corrected chi connectivity index (χ4v) is 2.57. The molecule has 110 valence electrons. The molecule has 0 fully saturated rings. The van der Waals surface area contributed by atoms with Crippen molar-refractivity contribution in [2.75, 3.05) is 0 Å². The van der Waals surface area contributed by atoms with Gasteiger partial charge in [-0.1, -0.05) is 42.5 Å². The molecule has 5 heteroatoms. The van der Waals surface area contributed by atoms with Crippen molar-refractivity contribution in [2.24, 2.45) is 0 Å². The predicted octanol–water partition coefficient (Wildman–Crippen LogP) is 3.29. The zero-order chi connectivity index (χ0) is 15.3. The van der Waals surface area contributed by atoms with Gasteiger partial charge in [-0.05, 0) is 37.3 Å². The molecule has 0 bridgehead atoms. The fourth-order valence-electron chi connectivity index (χ4n) is 1.63. The number of hydrogen-bond donors (Lipinski definition) is 0. The monoisotopic (exact) mass is 304 g/mol. The lowest BCUT2D eigenvalue weighted by Gasteiger charge is -2.15. The summed E-state index contributed by atoms with van der Waals surface area (Å²) in [5.74, 6) is 0.501. The van der Waals surface area contributed by atoms with E-state index in [2.05, 4.69) is 6.58 Å². The molecule has 2 rings (SSSR count). The van der Waals surface area contributed by atoms with Crippen molar-refractivity contribution < 1.29 is 17.3 Å². The molecule has 0 aliphatic rings. The summed E-state index contributed by atoms with van der Waals surface area (Å²) in [6, 6.07) is 15.2. The van der Waals surface area contributed by atoms with Crippen LogP contribution in [0.3, 0.4) is 0 Å². The number of aryl methyl sites for hydroxylation is 1. The lowest BCUT2D eigenvalue weighted by molar-refractivity contribution is 0.0536. The topological polar surface area (TPSA) is 52.6 Å². The van der Waals surface area contributed by atoms with Crippen LogP contribution >= 0.6 is 0 Å². The zero-order valence-electron chi connectivity index (χ0n) is 11.6. The quantitative estimate of drug-likeness (QED) is 0.467. The first-order valence-corrected chi connectivity index (χ1v) is 7.76. The summed E-state index contributed by atoms with van der Waals surface area (Å²) < 4.78 is 34.8. The van der Waals surface area contributed by atoms with Crippen LogP contribution in [0.2, 0.25) is 0 Å². The summed E-state index contributed by atoms with van der Waals surface area (Å²) in [4.78, 5) is 0.0802. The van der Waals surface area contributed by atoms with Crippen LogP contribution in [-0.2, 0) is 14.3 Å². The lowest BCUT2D eigenvalue weighted by Crippen LogP contribution is -2.22. The van der Waals surface area contributed by atoms with E-state index in [0.717, 1.165) is 5.56 Å². The van der Waals surface area contributed by atoms with Gasteiger partial charge in [-0.15, -0.1) is 0 Å². The first-order valence-electron chi connectivity index (χ1n) is 6.35. The van der Waals surface area contributed by atoms with Crippen molar-refractivity contribution in [3.63, 3.8) is 0 Å². The van der Waals surface area contributed by atoms with Crippen molar-refractivity contribution in [3.8, 4) is 5.75 Å². The maximum absolute atomic E-state index is 12.2. The number of benzene rings is 2. The number of rotatable bonds is 6. The maximum Gasteiger partial charge on any atom is 0.300 e. The normalized spacial score (nSPS) is 12.6. The van der Waals surface area contributed by atoms with Crippen molar-refractivity contribution in [1.82, 2.24) is 0 Å². The Morgan fingerprint density at radius 2 is 1.67 bits per heavy atom. The van der Waals surface area contributed by atoms with Gasteiger partial charge in [-0.2, -0.15) is 8.42 Å². The van der Waals surface area contributed by atoms with Crippen molar-refractivity contribution in [1.29, 1.82) is 0 Å². The van der Waals surface area contributed by atoms with E-state index < -0.39 is 16.4 Å². The van der Waals surface area contributed by atoms with Gasteiger partial charge in [0.1, 0.15) is 5.75 Å². The lowest BCUT2D eigenvalue weighted by atomic mass is 10.2. The first-order chi connectivity index (χ1) is 10.0. The SMILES string of the molecule is C=CC(Oc1ccccc1)OS(=O)(=O)c1ccc(C)cc1. The summed E-state index contributed by atoms with van der Waals surface area (Å²) in [6.45, 7) is 5.41. The number of para-hydroxylation sites is 1. The van der Waals surface area contributed by atoms with Gasteiger partial charge in [0.05, 0.1) is 4.90 Å². The summed E-state index contributed by atoms with van der Waals surface area (Å²) in [5.41, 5.74) is 0.967. The Morgan fingerprint density at radius 3 is 2.24 bits per heavy atom. The molecule has 0 amide bonds. The molecule has 0 aliphatic heterocycles. The second kappa shape index (κ2) is 6.56. The van der Waals surface area contributed by atoms with Crippen molar-refractivity contribution in [3.05, 3.63) is 72.8 Å². The van der Waals surface area contributed by atoms with E-state index in [1.54, 1.807) is 36.4 Å². The Labute approximate surface area is 124 Å². The highest BCUT2D eigenvalue weighted by molar-refractivity contribution is 7.86. The molecule has 0 radical (unpaired) electrons. The Kier molecular flexibility index (Phi) is 4.77. The van der Waals surface area contributed by atoms with Gasteiger partial charge < -0.3 is 4.74 Å². The predicted molar refractivity (Wildman–Crippen MR) is 80.5 cm³/mol. The van der Waals surface area contributed by atoms with Gasteiger partial charge in [0.25, 0.3) is 0 Å². The van der Waals surface area contributed by atoms with Crippen LogP contribution in [0.4, 0.5) is 0 Å². The minimum absolute atomic E-state index is 0.0802. The third kappa shape index (κ3) is 4.18. The molecule has 2 aromatic rings. The van der Waals surface area contributed by atoms with Crippen LogP contribution in [-0.4, -0.2) is 14.7 Å². The summed E-state index contributed by atoms with van der Waals surface area (Å²) in [5, 5.41) is 0. The molecule has 0 heterocycles. The molecule has 0 saturated carbocycles. The molecule has 1 atom stereocenters. The summed E-state index contributed by atoms with van der Waals surface area (Å²) >= 11 is 0. The standard InChI is InChI=1S/C16H16O4S/c1-3-16(19-14-7-5-4-6-8-14)20-21(17,18)15-11-9-13(2)10-12-15/h3-12,16H,1H2,2H3. The summed E-state index contributed by atoms with van der Waals surface area (Å²) in [6.07, 6.45) is 0.206. The molecule has 4 nitrogen and oxygen atoms in total. The molecule has 21 heavy (non-hydrogen) atoms. The van der Waals surface area contributed by atoms with Crippen molar-refractivity contribution in [2.45, 2.75) is 18.1 Å². The van der Waals surface area contributed by atoms with E-state index in [4.69, 9.17) is 8.92 Å². The van der Waals surface area contributed by atoms with Gasteiger partial charge >= 0.3 is 10.1 Å². The van der Waals surface area contributed by atoms with Crippen LogP contribution in [0.1, 0.15) is 5.56 Å². The third-order valence-corrected chi connectivity index (χ3v) is 4.01. The molecule has 0 spiro atoms.